The van der Waals surface area contributed by atoms with E-state index >= 15 is 0 Å². The molecule has 10 nitrogen and oxygen atoms in total. The van der Waals surface area contributed by atoms with Gasteiger partial charge >= 0.3 is 17.3 Å². The molecule has 0 saturated heterocycles. The van der Waals surface area contributed by atoms with E-state index in [1.54, 1.807) is 26.8 Å². The van der Waals surface area contributed by atoms with Crippen LogP contribution < -0.4 is 9.47 Å². The summed E-state index contributed by atoms with van der Waals surface area (Å²) in [6.07, 6.45) is 0. The van der Waals surface area contributed by atoms with Crippen LogP contribution >= 0.6 is 15.9 Å². The number of nitro benzene ring substituents is 2. The maximum absolute atomic E-state index is 12.3. The van der Waals surface area contributed by atoms with Crippen LogP contribution in [0, 0.1) is 20.2 Å². The first kappa shape index (κ1) is 23.1. The molecule has 160 valence electrons. The summed E-state index contributed by atoms with van der Waals surface area (Å²) in [5, 5.41) is 22.4. The van der Waals surface area contributed by atoms with Gasteiger partial charge in [0.05, 0.1) is 15.4 Å². The number of hydrogen-bond donors (Lipinski definition) is 0. The van der Waals surface area contributed by atoms with E-state index in [9.17, 15) is 25.0 Å². The molecule has 0 aliphatic heterocycles. The van der Waals surface area contributed by atoms with Crippen molar-refractivity contribution in [2.75, 3.05) is 13.2 Å². The van der Waals surface area contributed by atoms with Crippen molar-refractivity contribution in [1.29, 1.82) is 0 Å². The summed E-state index contributed by atoms with van der Waals surface area (Å²) < 4.78 is 16.3. The minimum atomic E-state index is -0.766. The molecule has 30 heavy (non-hydrogen) atoms. The molecule has 0 aromatic heterocycles. The Morgan fingerprint density at radius 3 is 2.10 bits per heavy atom. The Morgan fingerprint density at radius 2 is 1.53 bits per heavy atom. The molecule has 0 bridgehead atoms. The third-order valence-corrected chi connectivity index (χ3v) is 4.18. The molecule has 0 heterocycles. The van der Waals surface area contributed by atoms with E-state index in [0.29, 0.717) is 0 Å². The molecule has 0 unspecified atom stereocenters. The minimum absolute atomic E-state index is 0.0138. The molecule has 2 aromatic rings. The number of nitrogens with zero attached hydrogens (tertiary/aromatic N) is 2. The number of rotatable bonds is 8. The van der Waals surface area contributed by atoms with Crippen LogP contribution in [0.2, 0.25) is 0 Å². The average Bonchev–Trinajstić information content (AvgIpc) is 2.63. The fraction of sp³-hybridized carbons (Fsp3) is 0.316. The van der Waals surface area contributed by atoms with E-state index in [-0.39, 0.29) is 40.4 Å². The molecule has 0 spiro atoms. The second-order valence-corrected chi connectivity index (χ2v) is 7.83. The number of hydrogen-bond acceptors (Lipinski definition) is 8. The average molecular weight is 483 g/mol. The number of benzene rings is 2. The highest BCUT2D eigenvalue weighted by molar-refractivity contribution is 9.10. The maximum atomic E-state index is 12.3. The summed E-state index contributed by atoms with van der Waals surface area (Å²) in [6.45, 7) is 4.84. The van der Waals surface area contributed by atoms with Crippen LogP contribution in [-0.2, 0) is 4.74 Å². The molecule has 0 amide bonds. The lowest BCUT2D eigenvalue weighted by Crippen LogP contribution is -2.24. The third kappa shape index (κ3) is 6.14. The Balaban J connectivity index is 2.12. The summed E-state index contributed by atoms with van der Waals surface area (Å²) in [5.41, 5.74) is -1.41. The summed E-state index contributed by atoms with van der Waals surface area (Å²) in [5.74, 6) is -0.754. The van der Waals surface area contributed by atoms with Gasteiger partial charge < -0.3 is 14.2 Å². The first-order valence-corrected chi connectivity index (χ1v) is 9.49. The maximum Gasteiger partial charge on any atom is 0.340 e. The van der Waals surface area contributed by atoms with Gasteiger partial charge in [-0.3, -0.25) is 20.2 Å². The number of halogens is 1. The molecule has 0 aliphatic rings. The van der Waals surface area contributed by atoms with Gasteiger partial charge in [0.25, 0.3) is 0 Å². The zero-order valence-corrected chi connectivity index (χ0v) is 18.0. The van der Waals surface area contributed by atoms with Crippen molar-refractivity contribution in [1.82, 2.24) is 0 Å². The largest absolute Gasteiger partial charge is 0.483 e. The highest BCUT2D eigenvalue weighted by Gasteiger charge is 2.26. The van der Waals surface area contributed by atoms with Crippen LogP contribution in [0.25, 0.3) is 0 Å². The summed E-state index contributed by atoms with van der Waals surface area (Å²) in [6, 6.07) is 8.19. The van der Waals surface area contributed by atoms with Gasteiger partial charge in [0.15, 0.2) is 11.5 Å². The molecular formula is C19H19BrN2O8. The Labute approximate surface area is 180 Å². The van der Waals surface area contributed by atoms with Crippen molar-refractivity contribution in [3.8, 4) is 11.5 Å². The lowest BCUT2D eigenvalue weighted by Gasteiger charge is -2.20. The van der Waals surface area contributed by atoms with Crippen molar-refractivity contribution < 1.29 is 28.9 Å². The molecule has 0 saturated carbocycles. The number of esters is 1. The molecule has 0 atom stereocenters. The molecule has 2 rings (SSSR count). The predicted molar refractivity (Wildman–Crippen MR) is 110 cm³/mol. The molecule has 11 heteroatoms. The Bertz CT molecular complexity index is 971. The van der Waals surface area contributed by atoms with Gasteiger partial charge in [0, 0.05) is 22.7 Å². The SMILES string of the molecule is CC(C)(C)OC(=O)c1cc([N+](=O)[O-])c(OCCOc2ccccc2[N+](=O)[O-])cc1Br. The van der Waals surface area contributed by atoms with Gasteiger partial charge in [-0.05, 0) is 42.8 Å². The number of carbonyl (C=O) groups excluding carboxylic acids is 1. The Hall–Kier alpha value is -3.21. The fourth-order valence-corrected chi connectivity index (χ4v) is 2.81. The Kier molecular flexibility index (Phi) is 7.33. The van der Waals surface area contributed by atoms with Gasteiger partial charge in [-0.15, -0.1) is 0 Å². The van der Waals surface area contributed by atoms with E-state index in [0.717, 1.165) is 6.07 Å². The second-order valence-electron chi connectivity index (χ2n) is 6.98. The van der Waals surface area contributed by atoms with Crippen molar-refractivity contribution in [3.05, 3.63) is 66.7 Å². The monoisotopic (exact) mass is 482 g/mol. The first-order valence-electron chi connectivity index (χ1n) is 8.70. The molecule has 0 aliphatic carbocycles. The Morgan fingerprint density at radius 1 is 0.967 bits per heavy atom. The van der Waals surface area contributed by atoms with Crippen molar-refractivity contribution in [2.45, 2.75) is 26.4 Å². The van der Waals surface area contributed by atoms with Crippen LogP contribution in [0.1, 0.15) is 31.1 Å². The van der Waals surface area contributed by atoms with Crippen LogP contribution in [-0.4, -0.2) is 34.6 Å². The molecule has 0 fully saturated rings. The molecular weight excluding hydrogens is 464 g/mol. The zero-order valence-electron chi connectivity index (χ0n) is 16.4. The molecule has 0 radical (unpaired) electrons. The third-order valence-electron chi connectivity index (χ3n) is 3.52. The van der Waals surface area contributed by atoms with E-state index < -0.39 is 27.1 Å². The van der Waals surface area contributed by atoms with E-state index in [1.807, 2.05) is 0 Å². The quantitative estimate of drug-likeness (QED) is 0.229. The van der Waals surface area contributed by atoms with Crippen LogP contribution in [0.4, 0.5) is 11.4 Å². The molecule has 0 N–H and O–H groups in total. The molecule has 2 aromatic carbocycles. The van der Waals surface area contributed by atoms with Crippen LogP contribution in [0.5, 0.6) is 11.5 Å². The number of nitro groups is 2. The van der Waals surface area contributed by atoms with E-state index in [2.05, 4.69) is 15.9 Å². The summed E-state index contributed by atoms with van der Waals surface area (Å²) in [7, 11) is 0. The zero-order chi connectivity index (χ0) is 22.5. The highest BCUT2D eigenvalue weighted by Crippen LogP contribution is 2.34. The fourth-order valence-electron chi connectivity index (χ4n) is 2.32. The topological polar surface area (TPSA) is 131 Å². The lowest BCUT2D eigenvalue weighted by atomic mass is 10.1. The number of ether oxygens (including phenoxy) is 3. The van der Waals surface area contributed by atoms with Crippen molar-refractivity contribution in [2.24, 2.45) is 0 Å². The van der Waals surface area contributed by atoms with E-state index in [4.69, 9.17) is 14.2 Å². The summed E-state index contributed by atoms with van der Waals surface area (Å²) in [4.78, 5) is 33.4. The van der Waals surface area contributed by atoms with Gasteiger partial charge in [-0.25, -0.2) is 4.79 Å². The summed E-state index contributed by atoms with van der Waals surface area (Å²) >= 11 is 3.20. The smallest absolute Gasteiger partial charge is 0.340 e. The van der Waals surface area contributed by atoms with Crippen molar-refractivity contribution >= 4 is 33.3 Å². The number of para-hydroxylation sites is 2. The van der Waals surface area contributed by atoms with Gasteiger partial charge in [-0.1, -0.05) is 12.1 Å². The number of carbonyl (C=O) groups is 1. The standard InChI is InChI=1S/C19H19BrN2O8/c1-19(2,3)30-18(23)12-10-15(22(26)27)17(11-13(12)20)29-9-8-28-16-7-5-4-6-14(16)21(24)25/h4-7,10-11H,8-9H2,1-3H3. The predicted octanol–water partition coefficient (Wildman–Crippen LogP) is 4.68. The van der Waals surface area contributed by atoms with Crippen LogP contribution in [0.3, 0.4) is 0 Å². The highest BCUT2D eigenvalue weighted by atomic mass is 79.9. The van der Waals surface area contributed by atoms with Gasteiger partial charge in [-0.2, -0.15) is 0 Å². The van der Waals surface area contributed by atoms with Gasteiger partial charge in [0.2, 0.25) is 0 Å². The van der Waals surface area contributed by atoms with Crippen molar-refractivity contribution in [3.63, 3.8) is 0 Å². The lowest BCUT2D eigenvalue weighted by molar-refractivity contribution is -0.386. The van der Waals surface area contributed by atoms with E-state index in [1.165, 1.54) is 24.3 Å². The normalized spacial score (nSPS) is 10.9. The minimum Gasteiger partial charge on any atom is -0.483 e. The van der Waals surface area contributed by atoms with Crippen LogP contribution in [0.15, 0.2) is 40.9 Å². The van der Waals surface area contributed by atoms with Gasteiger partial charge in [0.1, 0.15) is 18.8 Å². The first-order chi connectivity index (χ1) is 14.0. The second kappa shape index (κ2) is 9.53.